The Morgan fingerprint density at radius 3 is 2.18 bits per heavy atom. The fourth-order valence-electron chi connectivity index (χ4n) is 1.43. The Bertz CT molecular complexity index is 509. The van der Waals surface area contributed by atoms with Gasteiger partial charge in [0.1, 0.15) is 17.2 Å². The number of rotatable bonds is 3. The standard InChI is InChI=1S/C13H14N2O2/c1-16-13-8-11(6-7-12(13)15)17-10-4-2-9(14)3-5-10/h2-8H,14-15H2,1H3. The van der Waals surface area contributed by atoms with Crippen molar-refractivity contribution in [2.75, 3.05) is 18.6 Å². The molecule has 0 bridgehead atoms. The number of nitrogen functional groups attached to an aromatic ring is 2. The van der Waals surface area contributed by atoms with Gasteiger partial charge in [0.15, 0.2) is 0 Å². The Hall–Kier alpha value is -2.36. The molecule has 88 valence electrons. The highest BCUT2D eigenvalue weighted by Crippen LogP contribution is 2.29. The molecule has 0 atom stereocenters. The van der Waals surface area contributed by atoms with Gasteiger partial charge in [0.2, 0.25) is 0 Å². The first-order valence-electron chi connectivity index (χ1n) is 5.16. The van der Waals surface area contributed by atoms with Crippen molar-refractivity contribution in [3.05, 3.63) is 42.5 Å². The summed E-state index contributed by atoms with van der Waals surface area (Å²) in [5.74, 6) is 1.98. The van der Waals surface area contributed by atoms with Crippen molar-refractivity contribution >= 4 is 11.4 Å². The van der Waals surface area contributed by atoms with Crippen LogP contribution in [0.4, 0.5) is 11.4 Å². The van der Waals surface area contributed by atoms with E-state index in [4.69, 9.17) is 20.9 Å². The van der Waals surface area contributed by atoms with E-state index in [0.717, 1.165) is 0 Å². The van der Waals surface area contributed by atoms with Crippen LogP contribution in [0.25, 0.3) is 0 Å². The van der Waals surface area contributed by atoms with Crippen LogP contribution in [0.2, 0.25) is 0 Å². The lowest BCUT2D eigenvalue weighted by Crippen LogP contribution is -1.93. The van der Waals surface area contributed by atoms with Gasteiger partial charge in [0, 0.05) is 11.8 Å². The van der Waals surface area contributed by atoms with E-state index in [9.17, 15) is 0 Å². The molecular weight excluding hydrogens is 216 g/mol. The van der Waals surface area contributed by atoms with Crippen LogP contribution in [-0.2, 0) is 0 Å². The Morgan fingerprint density at radius 2 is 1.53 bits per heavy atom. The van der Waals surface area contributed by atoms with Gasteiger partial charge in [-0.05, 0) is 36.4 Å². The van der Waals surface area contributed by atoms with Crippen LogP contribution in [0, 0.1) is 0 Å². The summed E-state index contributed by atoms with van der Waals surface area (Å²) in [7, 11) is 1.57. The highest BCUT2D eigenvalue weighted by atomic mass is 16.5. The van der Waals surface area contributed by atoms with Crippen LogP contribution >= 0.6 is 0 Å². The molecule has 0 saturated carbocycles. The summed E-state index contributed by atoms with van der Waals surface area (Å²) in [6.45, 7) is 0. The summed E-state index contributed by atoms with van der Waals surface area (Å²) < 4.78 is 10.8. The molecule has 0 heterocycles. The first kappa shape index (κ1) is 11.1. The molecule has 0 saturated heterocycles. The Morgan fingerprint density at radius 1 is 0.882 bits per heavy atom. The number of nitrogens with two attached hydrogens (primary N) is 2. The monoisotopic (exact) mass is 230 g/mol. The molecule has 2 rings (SSSR count). The number of ether oxygens (including phenoxy) is 2. The van der Waals surface area contributed by atoms with Crippen LogP contribution in [0.1, 0.15) is 0 Å². The zero-order valence-electron chi connectivity index (χ0n) is 9.51. The maximum atomic E-state index is 5.72. The molecule has 0 amide bonds. The van der Waals surface area contributed by atoms with Crippen LogP contribution in [0.5, 0.6) is 17.2 Å². The van der Waals surface area contributed by atoms with Gasteiger partial charge in [-0.3, -0.25) is 0 Å². The molecule has 17 heavy (non-hydrogen) atoms. The van der Waals surface area contributed by atoms with E-state index in [1.807, 2.05) is 0 Å². The smallest absolute Gasteiger partial charge is 0.145 e. The molecule has 0 aliphatic heterocycles. The van der Waals surface area contributed by atoms with Gasteiger partial charge in [-0.1, -0.05) is 0 Å². The second kappa shape index (κ2) is 4.65. The first-order valence-corrected chi connectivity index (χ1v) is 5.16. The van der Waals surface area contributed by atoms with Crippen molar-refractivity contribution in [3.63, 3.8) is 0 Å². The van der Waals surface area contributed by atoms with E-state index in [0.29, 0.717) is 28.6 Å². The highest BCUT2D eigenvalue weighted by molar-refractivity contribution is 5.56. The number of benzene rings is 2. The van der Waals surface area contributed by atoms with E-state index in [-0.39, 0.29) is 0 Å². The Kier molecular flexibility index (Phi) is 3.05. The fraction of sp³-hybridized carbons (Fsp3) is 0.0769. The number of hydrogen-bond donors (Lipinski definition) is 2. The molecule has 2 aromatic rings. The summed E-state index contributed by atoms with van der Waals surface area (Å²) in [5.41, 5.74) is 12.6. The second-order valence-corrected chi connectivity index (χ2v) is 3.57. The molecule has 0 spiro atoms. The van der Waals surface area contributed by atoms with Gasteiger partial charge in [-0.15, -0.1) is 0 Å². The summed E-state index contributed by atoms with van der Waals surface area (Å²) in [6.07, 6.45) is 0. The molecule has 2 aromatic carbocycles. The highest BCUT2D eigenvalue weighted by Gasteiger charge is 2.02. The van der Waals surface area contributed by atoms with Crippen molar-refractivity contribution in [1.29, 1.82) is 0 Å². The molecule has 4 nitrogen and oxygen atoms in total. The zero-order chi connectivity index (χ0) is 12.3. The van der Waals surface area contributed by atoms with E-state index in [1.54, 1.807) is 49.6 Å². The van der Waals surface area contributed by atoms with Crippen LogP contribution in [-0.4, -0.2) is 7.11 Å². The average molecular weight is 230 g/mol. The van der Waals surface area contributed by atoms with Crippen LogP contribution in [0.15, 0.2) is 42.5 Å². The maximum Gasteiger partial charge on any atom is 0.145 e. The van der Waals surface area contributed by atoms with Crippen molar-refractivity contribution in [3.8, 4) is 17.2 Å². The number of methoxy groups -OCH3 is 1. The van der Waals surface area contributed by atoms with Gasteiger partial charge < -0.3 is 20.9 Å². The van der Waals surface area contributed by atoms with Gasteiger partial charge in [0.25, 0.3) is 0 Å². The lowest BCUT2D eigenvalue weighted by atomic mass is 10.2. The summed E-state index contributed by atoms with van der Waals surface area (Å²) in [5, 5.41) is 0. The van der Waals surface area contributed by atoms with Crippen molar-refractivity contribution in [2.24, 2.45) is 0 Å². The van der Waals surface area contributed by atoms with E-state index in [2.05, 4.69) is 0 Å². The topological polar surface area (TPSA) is 70.5 Å². The molecule has 0 fully saturated rings. The Labute approximate surface area is 99.8 Å². The van der Waals surface area contributed by atoms with E-state index < -0.39 is 0 Å². The maximum absolute atomic E-state index is 5.72. The van der Waals surface area contributed by atoms with Crippen molar-refractivity contribution < 1.29 is 9.47 Å². The number of anilines is 2. The third-order valence-corrected chi connectivity index (χ3v) is 2.32. The molecular formula is C13H14N2O2. The van der Waals surface area contributed by atoms with Crippen LogP contribution in [0.3, 0.4) is 0 Å². The normalized spacial score (nSPS) is 9.94. The fourth-order valence-corrected chi connectivity index (χ4v) is 1.43. The minimum Gasteiger partial charge on any atom is -0.494 e. The second-order valence-electron chi connectivity index (χ2n) is 3.57. The summed E-state index contributed by atoms with van der Waals surface area (Å²) in [4.78, 5) is 0. The Balaban J connectivity index is 2.21. The van der Waals surface area contributed by atoms with Gasteiger partial charge in [-0.25, -0.2) is 0 Å². The number of hydrogen-bond acceptors (Lipinski definition) is 4. The molecule has 0 aliphatic rings. The summed E-state index contributed by atoms with van der Waals surface area (Å²) in [6, 6.07) is 12.4. The van der Waals surface area contributed by atoms with Gasteiger partial charge >= 0.3 is 0 Å². The average Bonchev–Trinajstić information content (AvgIpc) is 2.34. The summed E-state index contributed by atoms with van der Waals surface area (Å²) >= 11 is 0. The van der Waals surface area contributed by atoms with Gasteiger partial charge in [-0.2, -0.15) is 0 Å². The predicted molar refractivity (Wildman–Crippen MR) is 68.3 cm³/mol. The third kappa shape index (κ3) is 2.60. The minimum absolute atomic E-state index is 0.581. The third-order valence-electron chi connectivity index (χ3n) is 2.32. The molecule has 4 heteroatoms. The first-order chi connectivity index (χ1) is 8.19. The van der Waals surface area contributed by atoms with Crippen LogP contribution < -0.4 is 20.9 Å². The molecule has 0 aliphatic carbocycles. The lowest BCUT2D eigenvalue weighted by Gasteiger charge is -2.09. The zero-order valence-corrected chi connectivity index (χ0v) is 9.51. The van der Waals surface area contributed by atoms with Crippen molar-refractivity contribution in [1.82, 2.24) is 0 Å². The molecule has 0 radical (unpaired) electrons. The molecule has 0 unspecified atom stereocenters. The molecule has 0 aromatic heterocycles. The largest absolute Gasteiger partial charge is 0.494 e. The van der Waals surface area contributed by atoms with E-state index >= 15 is 0 Å². The van der Waals surface area contributed by atoms with Crippen molar-refractivity contribution in [2.45, 2.75) is 0 Å². The molecule has 4 N–H and O–H groups in total. The SMILES string of the molecule is COc1cc(Oc2ccc(N)cc2)ccc1N. The predicted octanol–water partition coefficient (Wildman–Crippen LogP) is 2.65. The minimum atomic E-state index is 0.581. The quantitative estimate of drug-likeness (QED) is 0.795. The van der Waals surface area contributed by atoms with E-state index in [1.165, 1.54) is 0 Å². The van der Waals surface area contributed by atoms with Gasteiger partial charge in [0.05, 0.1) is 12.8 Å². The lowest BCUT2D eigenvalue weighted by molar-refractivity contribution is 0.411.